The summed E-state index contributed by atoms with van der Waals surface area (Å²) in [5.41, 5.74) is 0. The zero-order valence-corrected chi connectivity index (χ0v) is 20.8. The van der Waals surface area contributed by atoms with Gasteiger partial charge in [0.2, 0.25) is 0 Å². The van der Waals surface area contributed by atoms with E-state index in [1.165, 1.54) is 6.42 Å². The Balaban J connectivity index is 0.00000729. The average molecular weight is 509 g/mol. The highest BCUT2D eigenvalue weighted by atomic mass is 127. The number of guanidine groups is 1. The van der Waals surface area contributed by atoms with Gasteiger partial charge >= 0.3 is 0 Å². The third-order valence-corrected chi connectivity index (χ3v) is 4.77. The van der Waals surface area contributed by atoms with Gasteiger partial charge in [-0.05, 0) is 52.7 Å². The second kappa shape index (κ2) is 15.9. The molecule has 1 aromatic heterocycles. The molecule has 0 amide bonds. The van der Waals surface area contributed by atoms with E-state index in [0.717, 1.165) is 63.2 Å². The molecule has 28 heavy (non-hydrogen) atoms. The van der Waals surface area contributed by atoms with E-state index in [1.807, 2.05) is 18.5 Å². The molecule has 1 atom stereocenters. The topological polar surface area (TPSA) is 79.6 Å². The fourth-order valence-corrected chi connectivity index (χ4v) is 2.78. The smallest absolute Gasteiger partial charge is 0.191 e. The fourth-order valence-electron chi connectivity index (χ4n) is 2.78. The summed E-state index contributed by atoms with van der Waals surface area (Å²) in [4.78, 5) is 7.16. The molecule has 164 valence electrons. The molecule has 1 rings (SSSR count). The minimum absolute atomic E-state index is 0. The van der Waals surface area contributed by atoms with Gasteiger partial charge in [-0.3, -0.25) is 0 Å². The van der Waals surface area contributed by atoms with Crippen LogP contribution in [0.4, 0.5) is 0 Å². The molecule has 0 saturated carbocycles. The van der Waals surface area contributed by atoms with Crippen molar-refractivity contribution in [2.45, 2.75) is 59.5 Å². The second-order valence-corrected chi connectivity index (χ2v) is 6.87. The molecule has 0 aliphatic rings. The van der Waals surface area contributed by atoms with Crippen LogP contribution in [-0.4, -0.2) is 71.6 Å². The van der Waals surface area contributed by atoms with Crippen LogP contribution in [0.5, 0.6) is 0 Å². The van der Waals surface area contributed by atoms with Gasteiger partial charge in [0.15, 0.2) is 11.8 Å². The largest absolute Gasteiger partial charge is 0.385 e. The molecule has 8 nitrogen and oxygen atoms in total. The third kappa shape index (κ3) is 10.6. The lowest BCUT2D eigenvalue weighted by Gasteiger charge is -2.21. The van der Waals surface area contributed by atoms with Crippen molar-refractivity contribution in [1.29, 1.82) is 0 Å². The summed E-state index contributed by atoms with van der Waals surface area (Å²) in [5, 5.41) is 15.2. The molecular weight excluding hydrogens is 469 g/mol. The number of halogens is 1. The molecule has 0 spiro atoms. The van der Waals surface area contributed by atoms with E-state index in [0.29, 0.717) is 12.6 Å². The lowest BCUT2D eigenvalue weighted by Crippen LogP contribution is -2.43. The van der Waals surface area contributed by atoms with E-state index < -0.39 is 0 Å². The van der Waals surface area contributed by atoms with Gasteiger partial charge in [-0.2, -0.15) is 0 Å². The van der Waals surface area contributed by atoms with E-state index in [2.05, 4.69) is 46.5 Å². The first-order chi connectivity index (χ1) is 13.0. The molecule has 0 radical (unpaired) electrons. The van der Waals surface area contributed by atoms with E-state index in [4.69, 9.17) is 9.73 Å². The number of nitrogens with one attached hydrogen (secondary N) is 2. The maximum Gasteiger partial charge on any atom is 0.191 e. The summed E-state index contributed by atoms with van der Waals surface area (Å²) in [6, 6.07) is 0.357. The number of aryl methyl sites for hydroxylation is 1. The van der Waals surface area contributed by atoms with Gasteiger partial charge < -0.3 is 24.8 Å². The Hall–Kier alpha value is -0.940. The van der Waals surface area contributed by atoms with E-state index in [9.17, 15) is 0 Å². The Kier molecular flexibility index (Phi) is 15.4. The fraction of sp³-hybridized carbons (Fsp3) is 0.842. The highest BCUT2D eigenvalue weighted by molar-refractivity contribution is 14.0. The number of aromatic nitrogens is 3. The van der Waals surface area contributed by atoms with Crippen LogP contribution < -0.4 is 10.6 Å². The normalized spacial score (nSPS) is 12.8. The van der Waals surface area contributed by atoms with E-state index >= 15 is 0 Å². The Morgan fingerprint density at radius 3 is 2.54 bits per heavy atom. The summed E-state index contributed by atoms with van der Waals surface area (Å²) in [5.74, 6) is 2.58. The summed E-state index contributed by atoms with van der Waals surface area (Å²) in [6.07, 6.45) is 3.23. The second-order valence-electron chi connectivity index (χ2n) is 6.87. The molecule has 1 aromatic rings. The Morgan fingerprint density at radius 1 is 1.25 bits per heavy atom. The summed E-state index contributed by atoms with van der Waals surface area (Å²) >= 11 is 0. The van der Waals surface area contributed by atoms with Crippen LogP contribution in [0, 0.1) is 6.92 Å². The third-order valence-electron chi connectivity index (χ3n) is 4.77. The zero-order valence-electron chi connectivity index (χ0n) is 18.5. The van der Waals surface area contributed by atoms with Crippen LogP contribution >= 0.6 is 24.0 Å². The Morgan fingerprint density at radius 2 is 1.96 bits per heavy atom. The maximum atomic E-state index is 5.12. The van der Waals surface area contributed by atoms with Crippen LogP contribution in [0.3, 0.4) is 0 Å². The number of methoxy groups -OCH3 is 1. The standard InChI is InChI=1S/C19H39N7O.HI/c1-7-26(8-2)13-9-11-16(3)22-19(20-12-10-14-27-6)21-15-18-24-23-17(4)25(18)5;/h16H,7-15H2,1-6H3,(H2,20,21,22);1H. The van der Waals surface area contributed by atoms with Gasteiger partial charge in [0.25, 0.3) is 0 Å². The molecule has 0 aliphatic heterocycles. The van der Waals surface area contributed by atoms with Crippen molar-refractivity contribution < 1.29 is 4.74 Å². The average Bonchev–Trinajstić information content (AvgIpc) is 2.98. The minimum Gasteiger partial charge on any atom is -0.385 e. The summed E-state index contributed by atoms with van der Waals surface area (Å²) in [7, 11) is 3.69. The number of rotatable bonds is 13. The quantitative estimate of drug-likeness (QED) is 0.184. The van der Waals surface area contributed by atoms with Crippen molar-refractivity contribution in [3.8, 4) is 0 Å². The van der Waals surface area contributed by atoms with Gasteiger partial charge in [-0.25, -0.2) is 4.99 Å². The molecule has 0 fully saturated rings. The molecule has 1 unspecified atom stereocenters. The molecule has 9 heteroatoms. The molecule has 1 heterocycles. The van der Waals surface area contributed by atoms with Crippen molar-refractivity contribution in [2.75, 3.05) is 39.9 Å². The molecule has 0 bridgehead atoms. The Labute approximate surface area is 187 Å². The highest BCUT2D eigenvalue weighted by Crippen LogP contribution is 2.02. The lowest BCUT2D eigenvalue weighted by atomic mass is 10.2. The molecular formula is C19H40IN7O. The van der Waals surface area contributed by atoms with Crippen molar-refractivity contribution in [2.24, 2.45) is 12.0 Å². The number of aliphatic imine (C=N–C) groups is 1. The number of ether oxygens (including phenoxy) is 1. The molecule has 0 aliphatic carbocycles. The first-order valence-corrected chi connectivity index (χ1v) is 10.1. The van der Waals surface area contributed by atoms with Crippen LogP contribution in [-0.2, 0) is 18.3 Å². The Bertz CT molecular complexity index is 546. The van der Waals surface area contributed by atoms with Crippen LogP contribution in [0.1, 0.15) is 51.7 Å². The van der Waals surface area contributed by atoms with Gasteiger partial charge in [0, 0.05) is 33.4 Å². The van der Waals surface area contributed by atoms with E-state index in [1.54, 1.807) is 7.11 Å². The lowest BCUT2D eigenvalue weighted by molar-refractivity contribution is 0.195. The van der Waals surface area contributed by atoms with Gasteiger partial charge in [0.1, 0.15) is 12.4 Å². The van der Waals surface area contributed by atoms with Crippen LogP contribution in [0.2, 0.25) is 0 Å². The van der Waals surface area contributed by atoms with Crippen molar-refractivity contribution in [3.05, 3.63) is 11.6 Å². The summed E-state index contributed by atoms with van der Waals surface area (Å²) in [6.45, 7) is 14.0. The van der Waals surface area contributed by atoms with Gasteiger partial charge in [-0.15, -0.1) is 34.2 Å². The van der Waals surface area contributed by atoms with Crippen molar-refractivity contribution in [3.63, 3.8) is 0 Å². The zero-order chi connectivity index (χ0) is 20.1. The number of hydrogen-bond donors (Lipinski definition) is 2. The first-order valence-electron chi connectivity index (χ1n) is 10.1. The summed E-state index contributed by atoms with van der Waals surface area (Å²) < 4.78 is 7.09. The predicted molar refractivity (Wildman–Crippen MR) is 126 cm³/mol. The molecule has 2 N–H and O–H groups in total. The first kappa shape index (κ1) is 27.1. The van der Waals surface area contributed by atoms with Crippen LogP contribution in [0.15, 0.2) is 4.99 Å². The van der Waals surface area contributed by atoms with Crippen molar-refractivity contribution >= 4 is 29.9 Å². The molecule has 0 saturated heterocycles. The van der Waals surface area contributed by atoms with Gasteiger partial charge in [-0.1, -0.05) is 13.8 Å². The minimum atomic E-state index is 0. The van der Waals surface area contributed by atoms with Gasteiger partial charge in [0.05, 0.1) is 0 Å². The number of nitrogens with zero attached hydrogens (tertiary/aromatic N) is 5. The highest BCUT2D eigenvalue weighted by Gasteiger charge is 2.09. The maximum absolute atomic E-state index is 5.12. The monoisotopic (exact) mass is 509 g/mol. The predicted octanol–water partition coefficient (Wildman–Crippen LogP) is 2.32. The van der Waals surface area contributed by atoms with Crippen molar-refractivity contribution in [1.82, 2.24) is 30.3 Å². The van der Waals surface area contributed by atoms with E-state index in [-0.39, 0.29) is 24.0 Å². The SMILES string of the molecule is CCN(CC)CCCC(C)NC(=NCc1nnc(C)n1C)NCCCOC.I. The van der Waals surface area contributed by atoms with Crippen LogP contribution in [0.25, 0.3) is 0 Å². The molecule has 0 aromatic carbocycles. The number of hydrogen-bond acceptors (Lipinski definition) is 5.